The van der Waals surface area contributed by atoms with Gasteiger partial charge in [0.2, 0.25) is 5.91 Å². The second-order valence-electron chi connectivity index (χ2n) is 8.15. The minimum atomic E-state index is -0.639. The summed E-state index contributed by atoms with van der Waals surface area (Å²) in [6.07, 6.45) is 0.232. The molecule has 4 amide bonds. The highest BCUT2D eigenvalue weighted by atomic mass is 35.5. The number of ether oxygens (including phenoxy) is 1. The van der Waals surface area contributed by atoms with Gasteiger partial charge in [-0.05, 0) is 17.7 Å². The van der Waals surface area contributed by atoms with Crippen molar-refractivity contribution in [3.63, 3.8) is 0 Å². The Balaban J connectivity index is 1.79. The summed E-state index contributed by atoms with van der Waals surface area (Å²) in [5, 5.41) is 0.619. The van der Waals surface area contributed by atoms with Crippen molar-refractivity contribution >= 4 is 29.4 Å². The summed E-state index contributed by atoms with van der Waals surface area (Å²) in [4.78, 5) is 43.1. The van der Waals surface area contributed by atoms with Gasteiger partial charge in [-0.25, -0.2) is 4.79 Å². The van der Waals surface area contributed by atoms with E-state index >= 15 is 0 Å². The SMILES string of the molecule is COCCN1C(=O)C2CN(C(=O)Cc3ccc(Cl)cc3)CC(C)(C)CN2C1=O. The zero-order chi connectivity index (χ0) is 20.5. The molecule has 2 saturated heterocycles. The molecule has 3 rings (SSSR count). The standard InChI is InChI=1S/C20H26ClN3O4/c1-20(2)12-22(17(25)10-14-4-6-15(21)7-5-14)11-16-18(26)23(8-9-28-3)19(27)24(16)13-20/h4-7,16H,8-13H2,1-3H3. The number of hydrogen-bond donors (Lipinski definition) is 0. The average molecular weight is 408 g/mol. The number of hydrogen-bond acceptors (Lipinski definition) is 4. The fourth-order valence-electron chi connectivity index (χ4n) is 3.82. The number of methoxy groups -OCH3 is 1. The first-order valence-electron chi connectivity index (χ1n) is 9.35. The summed E-state index contributed by atoms with van der Waals surface area (Å²) >= 11 is 5.91. The number of benzene rings is 1. The topological polar surface area (TPSA) is 70.2 Å². The molecule has 1 unspecified atom stereocenters. The molecule has 1 aromatic carbocycles. The Bertz CT molecular complexity index is 765. The molecule has 2 aliphatic heterocycles. The lowest BCUT2D eigenvalue weighted by atomic mass is 9.92. The van der Waals surface area contributed by atoms with Gasteiger partial charge in [0, 0.05) is 30.6 Å². The predicted molar refractivity (Wildman–Crippen MR) is 105 cm³/mol. The number of halogens is 1. The van der Waals surface area contributed by atoms with Crippen molar-refractivity contribution in [3.05, 3.63) is 34.9 Å². The second kappa shape index (κ2) is 8.09. The molecule has 0 saturated carbocycles. The van der Waals surface area contributed by atoms with Gasteiger partial charge in [-0.2, -0.15) is 0 Å². The van der Waals surface area contributed by atoms with Gasteiger partial charge in [0.1, 0.15) is 6.04 Å². The molecule has 0 bridgehead atoms. The molecule has 152 valence electrons. The van der Waals surface area contributed by atoms with Crippen molar-refractivity contribution in [3.8, 4) is 0 Å². The Morgan fingerprint density at radius 2 is 1.89 bits per heavy atom. The van der Waals surface area contributed by atoms with Crippen LogP contribution < -0.4 is 0 Å². The first-order valence-corrected chi connectivity index (χ1v) is 9.73. The number of amides is 4. The zero-order valence-corrected chi connectivity index (χ0v) is 17.2. The van der Waals surface area contributed by atoms with Gasteiger partial charge in [-0.3, -0.25) is 14.5 Å². The third kappa shape index (κ3) is 4.31. The average Bonchev–Trinajstić information content (AvgIpc) is 2.77. The number of imide groups is 1. The lowest BCUT2D eigenvalue weighted by Crippen LogP contribution is -2.44. The van der Waals surface area contributed by atoms with Crippen LogP contribution in [0.3, 0.4) is 0 Å². The summed E-state index contributed by atoms with van der Waals surface area (Å²) in [5.41, 5.74) is 0.543. The first-order chi connectivity index (χ1) is 13.2. The van der Waals surface area contributed by atoms with Gasteiger partial charge >= 0.3 is 6.03 Å². The van der Waals surface area contributed by atoms with Crippen LogP contribution in [0.15, 0.2) is 24.3 Å². The lowest BCUT2D eigenvalue weighted by Gasteiger charge is -2.30. The summed E-state index contributed by atoms with van der Waals surface area (Å²) in [6, 6.07) is 6.22. The normalized spacial score (nSPS) is 21.7. The highest BCUT2D eigenvalue weighted by molar-refractivity contribution is 6.30. The summed E-state index contributed by atoms with van der Waals surface area (Å²) < 4.78 is 5.02. The molecular weight excluding hydrogens is 382 g/mol. The van der Waals surface area contributed by atoms with Crippen LogP contribution in [0.25, 0.3) is 0 Å². The number of carbonyl (C=O) groups excluding carboxylic acids is 3. The fourth-order valence-corrected chi connectivity index (χ4v) is 3.94. The van der Waals surface area contributed by atoms with Crippen LogP contribution in [0.5, 0.6) is 0 Å². The molecular formula is C20H26ClN3O4. The quantitative estimate of drug-likeness (QED) is 0.700. The predicted octanol–water partition coefficient (Wildman–Crippen LogP) is 2.03. The van der Waals surface area contributed by atoms with Crippen LogP contribution in [0, 0.1) is 5.41 Å². The van der Waals surface area contributed by atoms with Crippen molar-refractivity contribution in [2.75, 3.05) is 39.9 Å². The third-order valence-electron chi connectivity index (χ3n) is 5.15. The van der Waals surface area contributed by atoms with E-state index in [-0.39, 0.29) is 42.8 Å². The largest absolute Gasteiger partial charge is 0.383 e. The summed E-state index contributed by atoms with van der Waals surface area (Å²) in [5.74, 6) is -0.322. The van der Waals surface area contributed by atoms with Crippen LogP contribution in [-0.2, 0) is 20.7 Å². The minimum Gasteiger partial charge on any atom is -0.383 e. The van der Waals surface area contributed by atoms with Crippen LogP contribution in [-0.4, -0.2) is 78.5 Å². The van der Waals surface area contributed by atoms with Gasteiger partial charge in [0.15, 0.2) is 0 Å². The molecule has 0 N–H and O–H groups in total. The molecule has 0 aliphatic carbocycles. The number of fused-ring (bicyclic) bond motifs is 1. The highest BCUT2D eigenvalue weighted by Crippen LogP contribution is 2.30. The van der Waals surface area contributed by atoms with Gasteiger partial charge in [0.05, 0.1) is 26.1 Å². The highest BCUT2D eigenvalue weighted by Gasteiger charge is 2.49. The number of carbonyl (C=O) groups is 3. The van der Waals surface area contributed by atoms with E-state index in [0.29, 0.717) is 24.7 Å². The van der Waals surface area contributed by atoms with Crippen LogP contribution in [0.4, 0.5) is 4.79 Å². The van der Waals surface area contributed by atoms with Crippen molar-refractivity contribution in [1.82, 2.24) is 14.7 Å². The fraction of sp³-hybridized carbons (Fsp3) is 0.550. The first kappa shape index (κ1) is 20.6. The molecule has 0 aromatic heterocycles. The second-order valence-corrected chi connectivity index (χ2v) is 8.59. The zero-order valence-electron chi connectivity index (χ0n) is 16.5. The van der Waals surface area contributed by atoms with E-state index in [1.54, 1.807) is 21.9 Å². The van der Waals surface area contributed by atoms with E-state index in [1.165, 1.54) is 12.0 Å². The lowest BCUT2D eigenvalue weighted by molar-refractivity contribution is -0.133. The van der Waals surface area contributed by atoms with Crippen LogP contribution in [0.2, 0.25) is 5.02 Å². The van der Waals surface area contributed by atoms with Gasteiger partial charge in [-0.1, -0.05) is 37.6 Å². The van der Waals surface area contributed by atoms with E-state index in [1.807, 2.05) is 26.0 Å². The molecule has 0 spiro atoms. The molecule has 2 fully saturated rings. The van der Waals surface area contributed by atoms with Gasteiger partial charge in [-0.15, -0.1) is 0 Å². The Morgan fingerprint density at radius 3 is 2.54 bits per heavy atom. The molecule has 1 atom stereocenters. The monoisotopic (exact) mass is 407 g/mol. The Kier molecular flexibility index (Phi) is 5.95. The van der Waals surface area contributed by atoms with E-state index < -0.39 is 6.04 Å². The molecule has 0 radical (unpaired) electrons. The maximum atomic E-state index is 13.0. The van der Waals surface area contributed by atoms with Crippen molar-refractivity contribution < 1.29 is 19.1 Å². The Hall–Kier alpha value is -2.12. The maximum Gasteiger partial charge on any atom is 0.327 e. The molecule has 28 heavy (non-hydrogen) atoms. The smallest absolute Gasteiger partial charge is 0.327 e. The van der Waals surface area contributed by atoms with E-state index in [2.05, 4.69) is 0 Å². The molecule has 7 nitrogen and oxygen atoms in total. The molecule has 1 aromatic rings. The van der Waals surface area contributed by atoms with E-state index in [9.17, 15) is 14.4 Å². The van der Waals surface area contributed by atoms with Gasteiger partial charge in [0.25, 0.3) is 5.91 Å². The molecule has 8 heteroatoms. The van der Waals surface area contributed by atoms with Crippen molar-refractivity contribution in [1.29, 1.82) is 0 Å². The summed E-state index contributed by atoms with van der Waals surface area (Å²) in [7, 11) is 1.53. The number of urea groups is 1. The number of rotatable bonds is 5. The van der Waals surface area contributed by atoms with Crippen molar-refractivity contribution in [2.24, 2.45) is 5.41 Å². The van der Waals surface area contributed by atoms with Gasteiger partial charge < -0.3 is 14.5 Å². The Labute approximate surface area is 170 Å². The Morgan fingerprint density at radius 1 is 1.21 bits per heavy atom. The molecule has 2 aliphatic rings. The van der Waals surface area contributed by atoms with Crippen molar-refractivity contribution in [2.45, 2.75) is 26.3 Å². The van der Waals surface area contributed by atoms with Crippen LogP contribution >= 0.6 is 11.6 Å². The minimum absolute atomic E-state index is 0.0622. The van der Waals surface area contributed by atoms with E-state index in [0.717, 1.165) is 5.56 Å². The van der Waals surface area contributed by atoms with E-state index in [4.69, 9.17) is 16.3 Å². The summed E-state index contributed by atoms with van der Waals surface area (Å²) in [6.45, 7) is 5.66. The third-order valence-corrected chi connectivity index (χ3v) is 5.41. The van der Waals surface area contributed by atoms with Crippen LogP contribution in [0.1, 0.15) is 19.4 Å². The number of nitrogens with zero attached hydrogens (tertiary/aromatic N) is 3. The maximum absolute atomic E-state index is 13.0. The molecule has 2 heterocycles.